The van der Waals surface area contributed by atoms with Gasteiger partial charge >= 0.3 is 5.97 Å². The fraction of sp³-hybridized carbons (Fsp3) is 0.818. The van der Waals surface area contributed by atoms with Crippen LogP contribution in [0.3, 0.4) is 0 Å². The molecule has 0 spiro atoms. The van der Waals surface area contributed by atoms with E-state index in [9.17, 15) is 4.79 Å². The Kier molecular flexibility index (Phi) is 5.83. The number of nitriles is 1. The summed E-state index contributed by atoms with van der Waals surface area (Å²) in [6.45, 7) is 3.98. The normalized spacial score (nSPS) is 19.9. The van der Waals surface area contributed by atoms with E-state index in [1.165, 1.54) is 0 Å². The van der Waals surface area contributed by atoms with Gasteiger partial charge in [0.2, 0.25) is 0 Å². The van der Waals surface area contributed by atoms with Gasteiger partial charge in [0.1, 0.15) is 12.0 Å². The van der Waals surface area contributed by atoms with E-state index in [2.05, 4.69) is 0 Å². The zero-order valence-corrected chi connectivity index (χ0v) is 9.48. The van der Waals surface area contributed by atoms with Crippen molar-refractivity contribution >= 4 is 5.97 Å². The van der Waals surface area contributed by atoms with E-state index in [1.807, 2.05) is 6.07 Å². The van der Waals surface area contributed by atoms with Crippen molar-refractivity contribution in [3.63, 3.8) is 0 Å². The van der Waals surface area contributed by atoms with Crippen LogP contribution < -0.4 is 0 Å². The summed E-state index contributed by atoms with van der Waals surface area (Å²) >= 11 is 0. The Morgan fingerprint density at radius 1 is 1.69 bits per heavy atom. The van der Waals surface area contributed by atoms with Crippen molar-refractivity contribution in [3.05, 3.63) is 0 Å². The molecule has 0 radical (unpaired) electrons. The molecule has 90 valence electrons. The summed E-state index contributed by atoms with van der Waals surface area (Å²) in [4.78, 5) is 11.3. The lowest BCUT2D eigenvalue weighted by atomic mass is 10.1. The molecule has 1 heterocycles. The highest BCUT2D eigenvalue weighted by atomic mass is 16.6. The van der Waals surface area contributed by atoms with Crippen LogP contribution in [-0.2, 0) is 19.0 Å². The Hall–Kier alpha value is -1.12. The molecule has 0 amide bonds. The largest absolute Gasteiger partial charge is 0.465 e. The van der Waals surface area contributed by atoms with Crippen molar-refractivity contribution in [2.45, 2.75) is 25.9 Å². The van der Waals surface area contributed by atoms with Crippen LogP contribution in [0, 0.1) is 17.2 Å². The van der Waals surface area contributed by atoms with E-state index >= 15 is 0 Å². The van der Waals surface area contributed by atoms with Crippen molar-refractivity contribution < 1.29 is 19.0 Å². The lowest BCUT2D eigenvalue weighted by Gasteiger charge is -2.07. The number of rotatable bonds is 8. The predicted octanol–water partition coefficient (Wildman–Crippen LogP) is 0.885. The second kappa shape index (κ2) is 7.20. The molecule has 16 heavy (non-hydrogen) atoms. The topological polar surface area (TPSA) is 71.9 Å². The standard InChI is InChI=1S/C11H17NO4/c1-2-15-11(13)9(6-12)4-3-5-14-7-10-8-16-10/h9-10H,2-5,7-8H2,1H3/t9-,10+/m0/s1. The monoisotopic (exact) mass is 227 g/mol. The number of carbonyl (C=O) groups excluding carboxylic acids is 1. The van der Waals surface area contributed by atoms with Crippen molar-refractivity contribution in [1.29, 1.82) is 5.26 Å². The molecule has 0 aromatic carbocycles. The average molecular weight is 227 g/mol. The molecule has 0 saturated carbocycles. The lowest BCUT2D eigenvalue weighted by Crippen LogP contribution is -2.17. The molecular weight excluding hydrogens is 210 g/mol. The zero-order chi connectivity index (χ0) is 11.8. The van der Waals surface area contributed by atoms with E-state index in [-0.39, 0.29) is 6.10 Å². The lowest BCUT2D eigenvalue weighted by molar-refractivity contribution is -0.146. The van der Waals surface area contributed by atoms with Crippen LogP contribution in [-0.4, -0.2) is 38.5 Å². The number of epoxide rings is 1. The summed E-state index contributed by atoms with van der Waals surface area (Å²) < 4.78 is 15.1. The first-order chi connectivity index (χ1) is 7.77. The maximum Gasteiger partial charge on any atom is 0.323 e. The van der Waals surface area contributed by atoms with Crippen molar-refractivity contribution in [2.75, 3.05) is 26.4 Å². The van der Waals surface area contributed by atoms with Crippen molar-refractivity contribution in [1.82, 2.24) is 0 Å². The van der Waals surface area contributed by atoms with Gasteiger partial charge in [-0.15, -0.1) is 0 Å². The Morgan fingerprint density at radius 2 is 2.44 bits per heavy atom. The summed E-state index contributed by atoms with van der Waals surface area (Å²) in [5.74, 6) is -1.10. The molecule has 1 rings (SSSR count). The molecular formula is C11H17NO4. The predicted molar refractivity (Wildman–Crippen MR) is 55.5 cm³/mol. The first-order valence-electron chi connectivity index (χ1n) is 5.53. The summed E-state index contributed by atoms with van der Waals surface area (Å²) in [6.07, 6.45) is 1.43. The molecule has 1 fully saturated rings. The van der Waals surface area contributed by atoms with Gasteiger partial charge in [-0.05, 0) is 19.8 Å². The van der Waals surface area contributed by atoms with Gasteiger partial charge in [-0.1, -0.05) is 0 Å². The molecule has 1 saturated heterocycles. The van der Waals surface area contributed by atoms with Gasteiger partial charge in [-0.3, -0.25) is 4.79 Å². The van der Waals surface area contributed by atoms with Crippen LogP contribution in [0.2, 0.25) is 0 Å². The molecule has 0 aromatic heterocycles. The molecule has 1 aliphatic rings. The van der Waals surface area contributed by atoms with Crippen LogP contribution in [0.1, 0.15) is 19.8 Å². The average Bonchev–Trinajstić information content (AvgIpc) is 3.07. The van der Waals surface area contributed by atoms with Gasteiger partial charge in [0, 0.05) is 6.61 Å². The molecule has 0 N–H and O–H groups in total. The molecule has 1 aliphatic heterocycles. The quantitative estimate of drug-likeness (QED) is 0.350. The summed E-state index contributed by atoms with van der Waals surface area (Å²) in [5.41, 5.74) is 0. The minimum absolute atomic E-state index is 0.261. The second-order valence-electron chi connectivity index (χ2n) is 3.61. The van der Waals surface area contributed by atoms with E-state index in [0.29, 0.717) is 32.7 Å². The van der Waals surface area contributed by atoms with E-state index in [1.54, 1.807) is 6.92 Å². The number of carbonyl (C=O) groups is 1. The minimum atomic E-state index is -0.666. The molecule has 2 atom stereocenters. The Balaban J connectivity index is 2.03. The smallest absolute Gasteiger partial charge is 0.323 e. The van der Waals surface area contributed by atoms with Gasteiger partial charge in [0.05, 0.1) is 25.9 Å². The third-order valence-corrected chi connectivity index (χ3v) is 2.21. The van der Waals surface area contributed by atoms with Crippen LogP contribution in [0.4, 0.5) is 0 Å². The first kappa shape index (κ1) is 12.9. The highest BCUT2D eigenvalue weighted by Crippen LogP contribution is 2.11. The van der Waals surface area contributed by atoms with Gasteiger partial charge in [-0.25, -0.2) is 0 Å². The van der Waals surface area contributed by atoms with E-state index < -0.39 is 11.9 Å². The SMILES string of the molecule is CCOC(=O)[C@H](C#N)CCCOC[C@@H]1CO1. The van der Waals surface area contributed by atoms with Crippen molar-refractivity contribution in [3.8, 4) is 6.07 Å². The maximum absolute atomic E-state index is 11.3. The van der Waals surface area contributed by atoms with Gasteiger partial charge < -0.3 is 14.2 Å². The second-order valence-corrected chi connectivity index (χ2v) is 3.61. The summed E-state index contributed by atoms with van der Waals surface area (Å²) in [7, 11) is 0. The Labute approximate surface area is 95.3 Å². The fourth-order valence-electron chi connectivity index (χ4n) is 1.25. The van der Waals surface area contributed by atoms with Crippen LogP contribution >= 0.6 is 0 Å². The number of nitrogens with zero attached hydrogens (tertiary/aromatic N) is 1. The minimum Gasteiger partial charge on any atom is -0.465 e. The molecule has 0 unspecified atom stereocenters. The van der Waals surface area contributed by atoms with Gasteiger partial charge in [0.25, 0.3) is 0 Å². The van der Waals surface area contributed by atoms with E-state index in [4.69, 9.17) is 19.5 Å². The zero-order valence-electron chi connectivity index (χ0n) is 9.48. The number of hydrogen-bond acceptors (Lipinski definition) is 5. The highest BCUT2D eigenvalue weighted by Gasteiger charge is 2.22. The first-order valence-corrected chi connectivity index (χ1v) is 5.53. The van der Waals surface area contributed by atoms with E-state index in [0.717, 1.165) is 6.61 Å². The fourth-order valence-corrected chi connectivity index (χ4v) is 1.25. The number of esters is 1. The molecule has 5 nitrogen and oxygen atoms in total. The summed E-state index contributed by atoms with van der Waals surface area (Å²) in [5, 5.41) is 8.77. The van der Waals surface area contributed by atoms with Gasteiger partial charge in [0.15, 0.2) is 0 Å². The third-order valence-electron chi connectivity index (χ3n) is 2.21. The Bertz CT molecular complexity index is 257. The summed E-state index contributed by atoms with van der Waals surface area (Å²) in [6, 6.07) is 1.94. The van der Waals surface area contributed by atoms with Crippen molar-refractivity contribution in [2.24, 2.45) is 5.92 Å². The third kappa shape index (κ3) is 5.10. The molecule has 0 bridgehead atoms. The van der Waals surface area contributed by atoms with Crippen LogP contribution in [0.5, 0.6) is 0 Å². The maximum atomic E-state index is 11.3. The number of ether oxygens (including phenoxy) is 3. The van der Waals surface area contributed by atoms with Gasteiger partial charge in [-0.2, -0.15) is 5.26 Å². The molecule has 5 heteroatoms. The van der Waals surface area contributed by atoms with Crippen LogP contribution in [0.25, 0.3) is 0 Å². The van der Waals surface area contributed by atoms with Crippen LogP contribution in [0.15, 0.2) is 0 Å². The molecule has 0 aliphatic carbocycles. The number of hydrogen-bond donors (Lipinski definition) is 0. The molecule has 0 aromatic rings. The highest BCUT2D eigenvalue weighted by molar-refractivity contribution is 5.75. The Morgan fingerprint density at radius 3 is 3.00 bits per heavy atom.